The van der Waals surface area contributed by atoms with Crippen LogP contribution in [0.15, 0.2) is 9.95 Å². The molecule has 0 radical (unpaired) electrons. The molecule has 0 saturated heterocycles. The van der Waals surface area contributed by atoms with E-state index in [0.717, 1.165) is 19.3 Å². The lowest BCUT2D eigenvalue weighted by molar-refractivity contribution is -0.132. The second-order valence-corrected chi connectivity index (χ2v) is 6.29. The Bertz CT molecular complexity index is 593. The van der Waals surface area contributed by atoms with Gasteiger partial charge in [-0.3, -0.25) is 14.2 Å². The highest BCUT2D eigenvalue weighted by molar-refractivity contribution is 7.99. The van der Waals surface area contributed by atoms with Crippen LogP contribution in [0.25, 0.3) is 0 Å². The summed E-state index contributed by atoms with van der Waals surface area (Å²) >= 11 is 1.20. The summed E-state index contributed by atoms with van der Waals surface area (Å²) in [5.41, 5.74) is -0.269. The third-order valence-electron chi connectivity index (χ3n) is 3.24. The highest BCUT2D eigenvalue weighted by Crippen LogP contribution is 2.18. The molecule has 1 saturated carbocycles. The van der Waals surface area contributed by atoms with Crippen molar-refractivity contribution >= 4 is 23.6 Å². The largest absolute Gasteiger partial charge is 0.352 e. The Hall–Kier alpha value is -1.77. The lowest BCUT2D eigenvalue weighted by atomic mass is 10.4. The summed E-state index contributed by atoms with van der Waals surface area (Å²) in [5.74, 6) is -0.165. The lowest BCUT2D eigenvalue weighted by Crippen LogP contribution is -2.39. The molecule has 22 heavy (non-hydrogen) atoms. The van der Waals surface area contributed by atoms with Crippen LogP contribution in [0.3, 0.4) is 0 Å². The van der Waals surface area contributed by atoms with Gasteiger partial charge < -0.3 is 10.2 Å². The first kappa shape index (κ1) is 16.6. The Labute approximate surface area is 132 Å². The molecule has 1 heterocycles. The number of aromatic nitrogens is 3. The van der Waals surface area contributed by atoms with Crippen molar-refractivity contribution in [2.45, 2.75) is 43.9 Å². The van der Waals surface area contributed by atoms with Crippen LogP contribution in [0, 0.1) is 0 Å². The van der Waals surface area contributed by atoms with E-state index in [1.54, 1.807) is 7.05 Å². The van der Waals surface area contributed by atoms with E-state index in [1.165, 1.54) is 21.2 Å². The van der Waals surface area contributed by atoms with Crippen LogP contribution in [0.1, 0.15) is 26.2 Å². The van der Waals surface area contributed by atoms with Crippen LogP contribution < -0.4 is 11.0 Å². The molecule has 9 heteroatoms. The van der Waals surface area contributed by atoms with Gasteiger partial charge in [0.25, 0.3) is 0 Å². The van der Waals surface area contributed by atoms with E-state index in [2.05, 4.69) is 15.5 Å². The topological polar surface area (TPSA) is 100 Å². The summed E-state index contributed by atoms with van der Waals surface area (Å²) in [4.78, 5) is 36.6. The van der Waals surface area contributed by atoms with Crippen LogP contribution in [0.2, 0.25) is 0 Å². The predicted molar refractivity (Wildman–Crippen MR) is 82.7 cm³/mol. The molecule has 1 aromatic rings. The van der Waals surface area contributed by atoms with Crippen molar-refractivity contribution in [2.75, 3.05) is 19.3 Å². The number of likely N-dealkylation sites (N-methyl/N-ethyl adjacent to an activating group) is 1. The Balaban J connectivity index is 1.81. The van der Waals surface area contributed by atoms with Crippen LogP contribution >= 0.6 is 11.8 Å². The standard InChI is InChI=1S/C13H21N5O3S/c1-3-6-18-12(21)15-16-13(18)22-8-11(20)17(2)7-10(19)14-9-4-5-9/h9H,3-8H2,1-2H3,(H,14,19)(H,15,21). The van der Waals surface area contributed by atoms with E-state index in [9.17, 15) is 14.4 Å². The van der Waals surface area contributed by atoms with Gasteiger partial charge in [0.1, 0.15) is 0 Å². The van der Waals surface area contributed by atoms with Gasteiger partial charge in [-0.25, -0.2) is 9.89 Å². The quantitative estimate of drug-likeness (QED) is 0.645. The summed E-state index contributed by atoms with van der Waals surface area (Å²) in [7, 11) is 1.60. The van der Waals surface area contributed by atoms with E-state index >= 15 is 0 Å². The molecular weight excluding hydrogens is 306 g/mol. The second kappa shape index (κ2) is 7.48. The third-order valence-corrected chi connectivity index (χ3v) is 4.21. The highest BCUT2D eigenvalue weighted by atomic mass is 32.2. The van der Waals surface area contributed by atoms with Crippen molar-refractivity contribution in [1.29, 1.82) is 0 Å². The van der Waals surface area contributed by atoms with E-state index in [-0.39, 0.29) is 35.8 Å². The smallest absolute Gasteiger partial charge is 0.343 e. The number of aromatic amines is 1. The summed E-state index contributed by atoms with van der Waals surface area (Å²) in [6.45, 7) is 2.58. The Morgan fingerprint density at radius 3 is 2.86 bits per heavy atom. The highest BCUT2D eigenvalue weighted by Gasteiger charge is 2.24. The van der Waals surface area contributed by atoms with Gasteiger partial charge in [0.05, 0.1) is 12.3 Å². The molecule has 0 aromatic carbocycles. The lowest BCUT2D eigenvalue weighted by Gasteiger charge is -2.16. The molecule has 0 bridgehead atoms. The van der Waals surface area contributed by atoms with Crippen molar-refractivity contribution in [3.05, 3.63) is 10.5 Å². The number of amides is 2. The van der Waals surface area contributed by atoms with Crippen molar-refractivity contribution in [3.8, 4) is 0 Å². The van der Waals surface area contributed by atoms with Gasteiger partial charge in [-0.1, -0.05) is 18.7 Å². The monoisotopic (exact) mass is 327 g/mol. The number of nitrogens with zero attached hydrogens (tertiary/aromatic N) is 3. The fourth-order valence-electron chi connectivity index (χ4n) is 1.88. The second-order valence-electron chi connectivity index (χ2n) is 5.34. The van der Waals surface area contributed by atoms with E-state index in [0.29, 0.717) is 11.7 Å². The maximum absolute atomic E-state index is 12.0. The summed E-state index contributed by atoms with van der Waals surface area (Å²) in [5, 5.41) is 9.63. The number of H-pyrrole nitrogens is 1. The predicted octanol–water partition coefficient (Wildman–Crippen LogP) is -0.189. The van der Waals surface area contributed by atoms with Crippen LogP contribution in [-0.4, -0.2) is 56.9 Å². The van der Waals surface area contributed by atoms with E-state index in [1.807, 2.05) is 6.92 Å². The molecule has 2 amide bonds. The molecule has 1 aliphatic carbocycles. The molecule has 1 aromatic heterocycles. The summed E-state index contributed by atoms with van der Waals surface area (Å²) in [6, 6.07) is 0.290. The Morgan fingerprint density at radius 2 is 2.23 bits per heavy atom. The zero-order valence-corrected chi connectivity index (χ0v) is 13.6. The van der Waals surface area contributed by atoms with Crippen molar-refractivity contribution in [1.82, 2.24) is 25.0 Å². The summed E-state index contributed by atoms with van der Waals surface area (Å²) in [6.07, 6.45) is 2.85. The number of hydrogen-bond acceptors (Lipinski definition) is 5. The molecular formula is C13H21N5O3S. The van der Waals surface area contributed by atoms with E-state index in [4.69, 9.17) is 0 Å². The Kier molecular flexibility index (Phi) is 5.64. The van der Waals surface area contributed by atoms with Gasteiger partial charge in [0.15, 0.2) is 5.16 Å². The molecule has 0 unspecified atom stereocenters. The molecule has 1 aliphatic rings. The van der Waals surface area contributed by atoms with Gasteiger partial charge in [0.2, 0.25) is 11.8 Å². The minimum absolute atomic E-state index is 0.0538. The SMILES string of the molecule is CCCn1c(SCC(=O)N(C)CC(=O)NC2CC2)n[nH]c1=O. The van der Waals surface area contributed by atoms with Gasteiger partial charge in [-0.2, -0.15) is 0 Å². The zero-order valence-electron chi connectivity index (χ0n) is 12.8. The molecule has 2 rings (SSSR count). The van der Waals surface area contributed by atoms with Gasteiger partial charge in [-0.15, -0.1) is 5.10 Å². The first-order valence-corrected chi connectivity index (χ1v) is 8.31. The first-order valence-electron chi connectivity index (χ1n) is 7.32. The molecule has 0 atom stereocenters. The molecule has 8 nitrogen and oxygen atoms in total. The maximum Gasteiger partial charge on any atom is 0.343 e. The Morgan fingerprint density at radius 1 is 1.50 bits per heavy atom. The van der Waals surface area contributed by atoms with Gasteiger partial charge in [0, 0.05) is 19.6 Å². The molecule has 1 fully saturated rings. The normalized spacial score (nSPS) is 13.9. The van der Waals surface area contributed by atoms with Crippen molar-refractivity contribution in [3.63, 3.8) is 0 Å². The molecule has 0 spiro atoms. The van der Waals surface area contributed by atoms with Crippen LogP contribution in [-0.2, 0) is 16.1 Å². The van der Waals surface area contributed by atoms with Crippen molar-refractivity contribution in [2.24, 2.45) is 0 Å². The molecule has 2 N–H and O–H groups in total. The fourth-order valence-corrected chi connectivity index (χ4v) is 2.79. The van der Waals surface area contributed by atoms with Crippen molar-refractivity contribution < 1.29 is 9.59 Å². The molecule has 0 aliphatic heterocycles. The van der Waals surface area contributed by atoms with Crippen LogP contribution in [0.5, 0.6) is 0 Å². The van der Waals surface area contributed by atoms with E-state index < -0.39 is 0 Å². The number of rotatable bonds is 8. The first-order chi connectivity index (χ1) is 10.5. The minimum atomic E-state index is -0.269. The van der Waals surface area contributed by atoms with Crippen LogP contribution in [0.4, 0.5) is 0 Å². The maximum atomic E-state index is 12.0. The molecule has 122 valence electrons. The number of thioether (sulfide) groups is 1. The minimum Gasteiger partial charge on any atom is -0.352 e. The number of carbonyl (C=O) groups excluding carboxylic acids is 2. The average Bonchev–Trinajstić information content (AvgIpc) is 3.21. The number of nitrogens with one attached hydrogen (secondary N) is 2. The average molecular weight is 327 g/mol. The summed E-state index contributed by atoms with van der Waals surface area (Å²) < 4.78 is 1.51. The van der Waals surface area contributed by atoms with Gasteiger partial charge >= 0.3 is 5.69 Å². The number of hydrogen-bond donors (Lipinski definition) is 2. The zero-order chi connectivity index (χ0) is 16.1. The third kappa shape index (κ3) is 4.62. The van der Waals surface area contributed by atoms with Gasteiger partial charge in [-0.05, 0) is 19.3 Å². The number of carbonyl (C=O) groups is 2. The fraction of sp³-hybridized carbons (Fsp3) is 0.692.